The smallest absolute Gasteiger partial charge is 0.239 e. The van der Waals surface area contributed by atoms with Crippen LogP contribution < -0.4 is 20.1 Å². The zero-order valence-corrected chi connectivity index (χ0v) is 14.6. The van der Waals surface area contributed by atoms with E-state index in [9.17, 15) is 9.59 Å². The first-order valence-corrected chi connectivity index (χ1v) is 7.60. The van der Waals surface area contributed by atoms with Crippen LogP contribution in [0, 0.1) is 5.41 Å². The van der Waals surface area contributed by atoms with Gasteiger partial charge in [-0.2, -0.15) is 0 Å². The summed E-state index contributed by atoms with van der Waals surface area (Å²) in [5.41, 5.74) is -0.751. The van der Waals surface area contributed by atoms with E-state index in [-0.39, 0.29) is 11.9 Å². The molecule has 0 aliphatic rings. The normalized spacial score (nSPS) is 12.3. The minimum absolute atomic E-state index is 0.0148. The molecule has 6 heteroatoms. The molecule has 2 N–H and O–H groups in total. The molecule has 23 heavy (non-hydrogen) atoms. The maximum atomic E-state index is 12.5. The predicted octanol–water partition coefficient (Wildman–Crippen LogP) is 2.58. The molecule has 6 nitrogen and oxygen atoms in total. The van der Waals surface area contributed by atoms with E-state index in [0.717, 1.165) is 6.42 Å². The highest BCUT2D eigenvalue weighted by Crippen LogP contribution is 2.30. The van der Waals surface area contributed by atoms with Gasteiger partial charge in [-0.05, 0) is 39.3 Å². The van der Waals surface area contributed by atoms with Gasteiger partial charge in [-0.1, -0.05) is 6.92 Å². The lowest BCUT2D eigenvalue weighted by Gasteiger charge is -2.25. The number of anilines is 1. The van der Waals surface area contributed by atoms with Gasteiger partial charge in [0.05, 0.1) is 19.9 Å². The zero-order chi connectivity index (χ0) is 17.6. The highest BCUT2D eigenvalue weighted by Gasteiger charge is 2.36. The first-order valence-electron chi connectivity index (χ1n) is 7.60. The van der Waals surface area contributed by atoms with Gasteiger partial charge in [-0.25, -0.2) is 0 Å². The Kier molecular flexibility index (Phi) is 6.42. The highest BCUT2D eigenvalue weighted by molar-refractivity contribution is 6.10. The summed E-state index contributed by atoms with van der Waals surface area (Å²) in [5.74, 6) is 0.358. The van der Waals surface area contributed by atoms with Crippen LogP contribution in [0.5, 0.6) is 11.5 Å². The van der Waals surface area contributed by atoms with Crippen molar-refractivity contribution in [1.29, 1.82) is 0 Å². The lowest BCUT2D eigenvalue weighted by atomic mass is 9.90. The number of amides is 2. The Balaban J connectivity index is 2.95. The number of hydrogen-bond donors (Lipinski definition) is 2. The molecule has 0 bridgehead atoms. The first-order chi connectivity index (χ1) is 10.8. The molecule has 0 heterocycles. The van der Waals surface area contributed by atoms with Crippen LogP contribution in [0.1, 0.15) is 34.1 Å². The van der Waals surface area contributed by atoms with Gasteiger partial charge in [0.1, 0.15) is 16.9 Å². The third-order valence-electron chi connectivity index (χ3n) is 3.78. The molecule has 1 rings (SSSR count). The van der Waals surface area contributed by atoms with Crippen molar-refractivity contribution in [3.63, 3.8) is 0 Å². The molecular formula is C17H26N2O4. The monoisotopic (exact) mass is 322 g/mol. The van der Waals surface area contributed by atoms with Crippen molar-refractivity contribution < 1.29 is 19.1 Å². The Morgan fingerprint density at radius 2 is 1.83 bits per heavy atom. The lowest BCUT2D eigenvalue weighted by Crippen LogP contribution is -2.47. The molecule has 0 saturated carbocycles. The van der Waals surface area contributed by atoms with E-state index in [4.69, 9.17) is 9.47 Å². The van der Waals surface area contributed by atoms with E-state index < -0.39 is 11.3 Å². The topological polar surface area (TPSA) is 76.7 Å². The van der Waals surface area contributed by atoms with Crippen LogP contribution >= 0.6 is 0 Å². The molecule has 1 unspecified atom stereocenters. The molecule has 0 radical (unpaired) electrons. The number of methoxy groups -OCH3 is 2. The van der Waals surface area contributed by atoms with Gasteiger partial charge < -0.3 is 20.1 Å². The summed E-state index contributed by atoms with van der Waals surface area (Å²) in [4.78, 5) is 24.9. The minimum Gasteiger partial charge on any atom is -0.497 e. The Labute approximate surface area is 137 Å². The molecule has 0 aliphatic heterocycles. The van der Waals surface area contributed by atoms with Crippen LogP contribution in [0.2, 0.25) is 0 Å². The fraction of sp³-hybridized carbons (Fsp3) is 0.529. The van der Waals surface area contributed by atoms with Gasteiger partial charge in [-0.3, -0.25) is 9.59 Å². The SMILES string of the molecule is CCC(C)NC(=O)C(C)(C)C(=O)Nc1cc(OC)ccc1OC. The van der Waals surface area contributed by atoms with Gasteiger partial charge in [0.2, 0.25) is 11.8 Å². The Morgan fingerprint density at radius 1 is 1.17 bits per heavy atom. The van der Waals surface area contributed by atoms with Gasteiger partial charge in [0.25, 0.3) is 0 Å². The summed E-state index contributed by atoms with van der Waals surface area (Å²) in [6.45, 7) is 7.05. The third-order valence-corrected chi connectivity index (χ3v) is 3.78. The number of rotatable bonds is 7. The summed E-state index contributed by atoms with van der Waals surface area (Å²) < 4.78 is 10.4. The minimum atomic E-state index is -1.21. The Bertz CT molecular complexity index is 570. The second-order valence-electron chi connectivity index (χ2n) is 5.93. The van der Waals surface area contributed by atoms with E-state index >= 15 is 0 Å². The van der Waals surface area contributed by atoms with Crippen molar-refractivity contribution in [3.8, 4) is 11.5 Å². The standard InChI is InChI=1S/C17H26N2O4/c1-7-11(2)18-15(20)17(3,4)16(21)19-13-10-12(22-5)8-9-14(13)23-6/h8-11H,7H2,1-6H3,(H,18,20)(H,19,21). The van der Waals surface area contributed by atoms with Crippen molar-refractivity contribution in [2.24, 2.45) is 5.41 Å². The fourth-order valence-corrected chi connectivity index (χ4v) is 1.80. The molecule has 0 fully saturated rings. The Hall–Kier alpha value is -2.24. The molecule has 0 aromatic heterocycles. The third kappa shape index (κ3) is 4.61. The molecule has 0 saturated heterocycles. The second kappa shape index (κ2) is 7.85. The number of ether oxygens (including phenoxy) is 2. The van der Waals surface area contributed by atoms with Crippen LogP contribution in [0.15, 0.2) is 18.2 Å². The average Bonchev–Trinajstić information content (AvgIpc) is 2.54. The molecule has 128 valence electrons. The molecule has 1 aromatic rings. The number of benzene rings is 1. The van der Waals surface area contributed by atoms with Gasteiger partial charge in [0, 0.05) is 12.1 Å². The van der Waals surface area contributed by atoms with Crippen molar-refractivity contribution in [3.05, 3.63) is 18.2 Å². The second-order valence-corrected chi connectivity index (χ2v) is 5.93. The van der Waals surface area contributed by atoms with Crippen molar-refractivity contribution in [2.45, 2.75) is 40.2 Å². The summed E-state index contributed by atoms with van der Waals surface area (Å²) in [6.07, 6.45) is 0.799. The molecule has 1 aromatic carbocycles. The van der Waals surface area contributed by atoms with E-state index in [1.54, 1.807) is 32.0 Å². The van der Waals surface area contributed by atoms with Crippen LogP contribution in [0.4, 0.5) is 5.69 Å². The number of carbonyl (C=O) groups excluding carboxylic acids is 2. The van der Waals surface area contributed by atoms with Crippen LogP contribution in [-0.2, 0) is 9.59 Å². The van der Waals surface area contributed by atoms with Crippen LogP contribution in [0.3, 0.4) is 0 Å². The van der Waals surface area contributed by atoms with E-state index in [2.05, 4.69) is 10.6 Å². The predicted molar refractivity (Wildman–Crippen MR) is 89.9 cm³/mol. The molecular weight excluding hydrogens is 296 g/mol. The first kappa shape index (κ1) is 18.8. The quantitative estimate of drug-likeness (QED) is 0.757. The van der Waals surface area contributed by atoms with Gasteiger partial charge >= 0.3 is 0 Å². The summed E-state index contributed by atoms with van der Waals surface area (Å²) in [5, 5.41) is 5.58. The maximum Gasteiger partial charge on any atom is 0.239 e. The van der Waals surface area contributed by atoms with Crippen LogP contribution in [0.25, 0.3) is 0 Å². The summed E-state index contributed by atoms with van der Waals surface area (Å²) in [6, 6.07) is 5.09. The summed E-state index contributed by atoms with van der Waals surface area (Å²) in [7, 11) is 3.05. The average molecular weight is 322 g/mol. The molecule has 0 spiro atoms. The largest absolute Gasteiger partial charge is 0.497 e. The Morgan fingerprint density at radius 3 is 2.35 bits per heavy atom. The van der Waals surface area contributed by atoms with Crippen molar-refractivity contribution >= 4 is 17.5 Å². The van der Waals surface area contributed by atoms with E-state index in [0.29, 0.717) is 17.2 Å². The van der Waals surface area contributed by atoms with E-state index in [1.807, 2.05) is 13.8 Å². The highest BCUT2D eigenvalue weighted by atomic mass is 16.5. The molecule has 1 atom stereocenters. The molecule has 2 amide bonds. The molecule has 0 aliphatic carbocycles. The maximum absolute atomic E-state index is 12.5. The zero-order valence-electron chi connectivity index (χ0n) is 14.6. The summed E-state index contributed by atoms with van der Waals surface area (Å²) >= 11 is 0. The van der Waals surface area contributed by atoms with Crippen molar-refractivity contribution in [2.75, 3.05) is 19.5 Å². The van der Waals surface area contributed by atoms with Gasteiger partial charge in [-0.15, -0.1) is 0 Å². The lowest BCUT2D eigenvalue weighted by molar-refractivity contribution is -0.138. The number of nitrogens with one attached hydrogen (secondary N) is 2. The number of hydrogen-bond acceptors (Lipinski definition) is 4. The number of carbonyl (C=O) groups is 2. The van der Waals surface area contributed by atoms with Gasteiger partial charge in [0.15, 0.2) is 0 Å². The van der Waals surface area contributed by atoms with Crippen LogP contribution in [-0.4, -0.2) is 32.1 Å². The fourth-order valence-electron chi connectivity index (χ4n) is 1.80. The van der Waals surface area contributed by atoms with E-state index in [1.165, 1.54) is 14.2 Å². The van der Waals surface area contributed by atoms with Crippen molar-refractivity contribution in [1.82, 2.24) is 5.32 Å².